The topological polar surface area (TPSA) is 98.7 Å². The second kappa shape index (κ2) is 6.86. The number of hydrogen-bond acceptors (Lipinski definition) is 3. The number of amides is 2. The number of hydrogen-bond donors (Lipinski definition) is 4. The van der Waals surface area contributed by atoms with Crippen LogP contribution in [0.3, 0.4) is 0 Å². The molecule has 1 unspecified atom stereocenters. The Kier molecular flexibility index (Phi) is 5.68. The number of benzene rings is 1. The molecule has 1 aromatic carbocycles. The summed E-state index contributed by atoms with van der Waals surface area (Å²) in [5.41, 5.74) is -0.634. The van der Waals surface area contributed by atoms with Gasteiger partial charge in [0.15, 0.2) is 0 Å². The molecule has 116 valence electrons. The van der Waals surface area contributed by atoms with E-state index in [9.17, 15) is 19.1 Å². The predicted molar refractivity (Wildman–Crippen MR) is 78.7 cm³/mol. The van der Waals surface area contributed by atoms with Crippen molar-refractivity contribution in [3.05, 3.63) is 28.0 Å². The maximum absolute atomic E-state index is 13.4. The number of carbonyl (C=O) groups excluding carboxylic acids is 1. The minimum atomic E-state index is -1.57. The normalized spacial score (nSPS) is 13.4. The molecule has 0 spiro atoms. The molecule has 8 heteroatoms. The molecule has 0 aliphatic heterocycles. The lowest BCUT2D eigenvalue weighted by Gasteiger charge is -2.21. The standard InChI is InChI=1S/C13H16BrFN2O4/c1-7-3-8(14)9(15)4-10(7)17-12(20)16-6-13(2,21)5-11(18)19/h3-4,21H,5-6H2,1-2H3,(H,18,19)(H2,16,17,20). The monoisotopic (exact) mass is 362 g/mol. The van der Waals surface area contributed by atoms with E-state index in [1.165, 1.54) is 13.0 Å². The van der Waals surface area contributed by atoms with Crippen LogP contribution in [0.15, 0.2) is 16.6 Å². The molecule has 0 aromatic heterocycles. The number of urea groups is 1. The first-order valence-electron chi connectivity index (χ1n) is 6.05. The van der Waals surface area contributed by atoms with Crippen LogP contribution in [-0.2, 0) is 4.79 Å². The maximum Gasteiger partial charge on any atom is 0.319 e. The highest BCUT2D eigenvalue weighted by Gasteiger charge is 2.24. The van der Waals surface area contributed by atoms with Gasteiger partial charge in [0.25, 0.3) is 0 Å². The fraction of sp³-hybridized carbons (Fsp3) is 0.385. The Morgan fingerprint density at radius 1 is 1.43 bits per heavy atom. The van der Waals surface area contributed by atoms with Gasteiger partial charge in [0.05, 0.1) is 16.5 Å². The SMILES string of the molecule is Cc1cc(Br)c(F)cc1NC(=O)NCC(C)(O)CC(=O)O. The fourth-order valence-electron chi connectivity index (χ4n) is 1.61. The zero-order chi connectivity index (χ0) is 16.2. The molecule has 0 bridgehead atoms. The van der Waals surface area contributed by atoms with E-state index < -0.39 is 29.8 Å². The third-order valence-electron chi connectivity index (χ3n) is 2.68. The summed E-state index contributed by atoms with van der Waals surface area (Å²) in [6, 6.07) is 2.02. The van der Waals surface area contributed by atoms with Crippen LogP contribution in [0.5, 0.6) is 0 Å². The average molecular weight is 363 g/mol. The molecular weight excluding hydrogens is 347 g/mol. The number of carboxylic acid groups (broad SMARTS) is 1. The van der Waals surface area contributed by atoms with Gasteiger partial charge >= 0.3 is 12.0 Å². The van der Waals surface area contributed by atoms with Crippen LogP contribution in [0, 0.1) is 12.7 Å². The summed E-state index contributed by atoms with van der Waals surface area (Å²) in [5, 5.41) is 23.1. The minimum Gasteiger partial charge on any atom is -0.481 e. The highest BCUT2D eigenvalue weighted by molar-refractivity contribution is 9.10. The maximum atomic E-state index is 13.4. The van der Waals surface area contributed by atoms with Crippen molar-refractivity contribution in [1.29, 1.82) is 0 Å². The van der Waals surface area contributed by atoms with Crippen molar-refractivity contribution in [2.45, 2.75) is 25.9 Å². The van der Waals surface area contributed by atoms with Gasteiger partial charge in [0, 0.05) is 12.2 Å². The van der Waals surface area contributed by atoms with E-state index in [0.29, 0.717) is 5.56 Å². The molecule has 0 saturated heterocycles. The van der Waals surface area contributed by atoms with Crippen LogP contribution < -0.4 is 10.6 Å². The number of aryl methyl sites for hydroxylation is 1. The van der Waals surface area contributed by atoms with Crippen LogP contribution in [-0.4, -0.2) is 34.4 Å². The molecule has 0 aliphatic carbocycles. The summed E-state index contributed by atoms with van der Waals surface area (Å²) in [5.74, 6) is -1.69. The molecule has 0 radical (unpaired) electrons. The highest BCUT2D eigenvalue weighted by atomic mass is 79.9. The van der Waals surface area contributed by atoms with E-state index >= 15 is 0 Å². The van der Waals surface area contributed by atoms with Gasteiger partial charge in [-0.15, -0.1) is 0 Å². The Morgan fingerprint density at radius 2 is 2.05 bits per heavy atom. The van der Waals surface area contributed by atoms with Gasteiger partial charge in [0.1, 0.15) is 5.82 Å². The predicted octanol–water partition coefficient (Wildman–Crippen LogP) is 2.24. The number of aliphatic hydroxyl groups is 1. The quantitative estimate of drug-likeness (QED) is 0.645. The third-order valence-corrected chi connectivity index (χ3v) is 3.29. The van der Waals surface area contributed by atoms with Gasteiger partial charge in [-0.2, -0.15) is 0 Å². The minimum absolute atomic E-state index is 0.247. The number of carbonyl (C=O) groups is 2. The Bertz CT molecular complexity index is 563. The van der Waals surface area contributed by atoms with Gasteiger partial charge in [0.2, 0.25) is 0 Å². The first-order chi connectivity index (χ1) is 9.60. The second-order valence-electron chi connectivity index (χ2n) is 4.96. The number of halogens is 2. The molecule has 21 heavy (non-hydrogen) atoms. The molecule has 0 aliphatic rings. The second-order valence-corrected chi connectivity index (χ2v) is 5.81. The van der Waals surface area contributed by atoms with Crippen molar-refractivity contribution in [2.24, 2.45) is 0 Å². The van der Waals surface area contributed by atoms with E-state index in [4.69, 9.17) is 5.11 Å². The average Bonchev–Trinajstić information content (AvgIpc) is 2.32. The molecular formula is C13H16BrFN2O4. The van der Waals surface area contributed by atoms with Crippen molar-refractivity contribution < 1.29 is 24.2 Å². The summed E-state index contributed by atoms with van der Waals surface area (Å²) in [6.45, 7) is 2.75. The largest absolute Gasteiger partial charge is 0.481 e. The Balaban J connectivity index is 2.62. The van der Waals surface area contributed by atoms with Crippen molar-refractivity contribution in [3.8, 4) is 0 Å². The van der Waals surface area contributed by atoms with Crippen LogP contribution in [0.4, 0.5) is 14.9 Å². The molecule has 0 saturated carbocycles. The lowest BCUT2D eigenvalue weighted by atomic mass is 10.0. The molecule has 0 heterocycles. The van der Waals surface area contributed by atoms with Crippen molar-refractivity contribution in [3.63, 3.8) is 0 Å². The Labute approximate surface area is 129 Å². The third kappa shape index (κ3) is 5.68. The zero-order valence-corrected chi connectivity index (χ0v) is 13.1. The summed E-state index contributed by atoms with van der Waals surface area (Å²) in [4.78, 5) is 22.2. The number of rotatable bonds is 5. The van der Waals surface area contributed by atoms with E-state index in [-0.39, 0.29) is 16.7 Å². The number of anilines is 1. The summed E-state index contributed by atoms with van der Waals surface area (Å²) in [6.07, 6.45) is -0.501. The van der Waals surface area contributed by atoms with Gasteiger partial charge in [-0.1, -0.05) is 0 Å². The zero-order valence-electron chi connectivity index (χ0n) is 11.5. The molecule has 6 nitrogen and oxygen atoms in total. The van der Waals surface area contributed by atoms with E-state index in [1.807, 2.05) is 0 Å². The van der Waals surface area contributed by atoms with Gasteiger partial charge < -0.3 is 20.8 Å². The lowest BCUT2D eigenvalue weighted by Crippen LogP contribution is -2.43. The molecule has 1 rings (SSSR count). The van der Waals surface area contributed by atoms with Gasteiger partial charge in [-0.05, 0) is 47.5 Å². The molecule has 1 atom stereocenters. The van der Waals surface area contributed by atoms with Crippen LogP contribution in [0.2, 0.25) is 0 Å². The first-order valence-corrected chi connectivity index (χ1v) is 6.85. The number of nitrogens with one attached hydrogen (secondary N) is 2. The van der Waals surface area contributed by atoms with E-state index in [0.717, 1.165) is 6.07 Å². The number of aliphatic carboxylic acids is 1. The Hall–Kier alpha value is -1.67. The lowest BCUT2D eigenvalue weighted by molar-refractivity contribution is -0.141. The van der Waals surface area contributed by atoms with E-state index in [2.05, 4.69) is 26.6 Å². The molecule has 1 aromatic rings. The molecule has 4 N–H and O–H groups in total. The van der Waals surface area contributed by atoms with Crippen LogP contribution in [0.25, 0.3) is 0 Å². The molecule has 2 amide bonds. The highest BCUT2D eigenvalue weighted by Crippen LogP contribution is 2.23. The van der Waals surface area contributed by atoms with Crippen molar-refractivity contribution in [1.82, 2.24) is 5.32 Å². The van der Waals surface area contributed by atoms with Crippen molar-refractivity contribution in [2.75, 3.05) is 11.9 Å². The Morgan fingerprint density at radius 3 is 2.62 bits per heavy atom. The summed E-state index contributed by atoms with van der Waals surface area (Å²) >= 11 is 3.03. The molecule has 0 fully saturated rings. The summed E-state index contributed by atoms with van der Waals surface area (Å²) in [7, 11) is 0. The van der Waals surface area contributed by atoms with Crippen LogP contribution >= 0.6 is 15.9 Å². The van der Waals surface area contributed by atoms with E-state index in [1.54, 1.807) is 6.92 Å². The van der Waals surface area contributed by atoms with Gasteiger partial charge in [-0.3, -0.25) is 4.79 Å². The van der Waals surface area contributed by atoms with Crippen LogP contribution in [0.1, 0.15) is 18.9 Å². The fourth-order valence-corrected chi connectivity index (χ4v) is 2.06. The van der Waals surface area contributed by atoms with Crippen molar-refractivity contribution >= 4 is 33.6 Å². The smallest absolute Gasteiger partial charge is 0.319 e. The number of carboxylic acids is 1. The first kappa shape index (κ1) is 17.4. The summed E-state index contributed by atoms with van der Waals surface area (Å²) < 4.78 is 13.7. The van der Waals surface area contributed by atoms with Gasteiger partial charge in [-0.25, -0.2) is 9.18 Å².